The Bertz CT molecular complexity index is 804. The van der Waals surface area contributed by atoms with Crippen molar-refractivity contribution in [3.63, 3.8) is 0 Å². The van der Waals surface area contributed by atoms with Gasteiger partial charge in [-0.05, 0) is 54.8 Å². The Morgan fingerprint density at radius 1 is 0.964 bits per heavy atom. The number of hydrogen-bond acceptors (Lipinski definition) is 4. The van der Waals surface area contributed by atoms with Crippen molar-refractivity contribution in [2.24, 2.45) is 0 Å². The van der Waals surface area contributed by atoms with Crippen molar-refractivity contribution < 1.29 is 19.1 Å². The Morgan fingerprint density at radius 3 is 2.29 bits per heavy atom. The number of rotatable bonds is 9. The molecule has 148 valence electrons. The molecule has 0 fully saturated rings. The molecule has 2 rings (SSSR count). The molecule has 2 N–H and O–H groups in total. The number of nitrogens with one attached hydrogen (secondary N) is 2. The molecule has 0 spiro atoms. The fraction of sp³-hybridized carbons (Fsp3) is 0.286. The lowest BCUT2D eigenvalue weighted by molar-refractivity contribution is -0.140. The van der Waals surface area contributed by atoms with Gasteiger partial charge < -0.3 is 15.4 Å². The van der Waals surface area contributed by atoms with Gasteiger partial charge in [-0.3, -0.25) is 14.4 Å². The van der Waals surface area contributed by atoms with Gasteiger partial charge >= 0.3 is 5.97 Å². The molecule has 2 aromatic carbocycles. The maximum absolute atomic E-state index is 12.2. The summed E-state index contributed by atoms with van der Waals surface area (Å²) in [5.41, 5.74) is 2.09. The summed E-state index contributed by atoms with van der Waals surface area (Å²) in [6.45, 7) is 0.525. The number of benzene rings is 2. The number of esters is 1. The lowest BCUT2D eigenvalue weighted by atomic mass is 10.1. The predicted molar refractivity (Wildman–Crippen MR) is 111 cm³/mol. The quantitative estimate of drug-likeness (QED) is 0.454. The van der Waals surface area contributed by atoms with Gasteiger partial charge in [0.15, 0.2) is 0 Å². The summed E-state index contributed by atoms with van der Waals surface area (Å²) in [7, 11) is 1.36. The molecule has 0 aliphatic heterocycles. The molecule has 0 radical (unpaired) electrons. The fourth-order valence-corrected chi connectivity index (χ4v) is 2.75. The highest BCUT2D eigenvalue weighted by molar-refractivity contribution is 9.10. The lowest BCUT2D eigenvalue weighted by Gasteiger charge is -2.08. The molecule has 2 aromatic rings. The number of unbranched alkanes of at least 4 members (excludes halogenated alkanes) is 1. The monoisotopic (exact) mass is 446 g/mol. The topological polar surface area (TPSA) is 84.5 Å². The Hall–Kier alpha value is -2.67. The molecular formula is C21H23BrN2O4. The molecule has 0 bridgehead atoms. The normalized spacial score (nSPS) is 10.2. The molecule has 0 aliphatic carbocycles. The zero-order chi connectivity index (χ0) is 20.4. The number of anilines is 1. The van der Waals surface area contributed by atoms with E-state index in [1.165, 1.54) is 7.11 Å². The minimum atomic E-state index is -0.237. The molecule has 0 heterocycles. The second-order valence-electron chi connectivity index (χ2n) is 6.22. The van der Waals surface area contributed by atoms with E-state index in [1.807, 2.05) is 24.3 Å². The van der Waals surface area contributed by atoms with E-state index in [4.69, 9.17) is 0 Å². The van der Waals surface area contributed by atoms with Crippen LogP contribution in [0.2, 0.25) is 0 Å². The molecule has 28 heavy (non-hydrogen) atoms. The van der Waals surface area contributed by atoms with Crippen molar-refractivity contribution in [3.8, 4) is 0 Å². The second kappa shape index (κ2) is 11.2. The van der Waals surface area contributed by atoms with Gasteiger partial charge in [0.05, 0.1) is 13.5 Å². The molecule has 0 saturated carbocycles. The Morgan fingerprint density at radius 2 is 1.64 bits per heavy atom. The number of ether oxygens (including phenoxy) is 1. The highest BCUT2D eigenvalue weighted by atomic mass is 79.9. The van der Waals surface area contributed by atoms with Crippen LogP contribution in [0.5, 0.6) is 0 Å². The summed E-state index contributed by atoms with van der Waals surface area (Å²) >= 11 is 3.34. The zero-order valence-electron chi connectivity index (χ0n) is 15.7. The first-order chi connectivity index (χ1) is 13.5. The molecular weight excluding hydrogens is 424 g/mol. The average Bonchev–Trinajstić information content (AvgIpc) is 2.69. The molecule has 7 heteroatoms. The van der Waals surface area contributed by atoms with Gasteiger partial charge in [-0.15, -0.1) is 0 Å². The van der Waals surface area contributed by atoms with Crippen molar-refractivity contribution in [3.05, 3.63) is 64.1 Å². The minimum Gasteiger partial charge on any atom is -0.469 e. The maximum Gasteiger partial charge on any atom is 0.305 e. The van der Waals surface area contributed by atoms with E-state index in [2.05, 4.69) is 31.3 Å². The van der Waals surface area contributed by atoms with Gasteiger partial charge in [0.1, 0.15) is 0 Å². The Kier molecular flexibility index (Phi) is 8.68. The van der Waals surface area contributed by atoms with Crippen LogP contribution in [0.4, 0.5) is 5.69 Å². The van der Waals surface area contributed by atoms with Crippen LogP contribution in [0.3, 0.4) is 0 Å². The van der Waals surface area contributed by atoms with E-state index >= 15 is 0 Å². The molecule has 0 aliphatic rings. The first-order valence-electron chi connectivity index (χ1n) is 8.97. The van der Waals surface area contributed by atoms with Crippen molar-refractivity contribution in [1.82, 2.24) is 5.32 Å². The highest BCUT2D eigenvalue weighted by Crippen LogP contribution is 2.14. The number of carbonyl (C=O) groups excluding carboxylic acids is 3. The minimum absolute atomic E-state index is 0.0790. The molecule has 6 nitrogen and oxygen atoms in total. The summed E-state index contributed by atoms with van der Waals surface area (Å²) in [5.74, 6) is -0.506. The van der Waals surface area contributed by atoms with Crippen LogP contribution in [0.1, 0.15) is 35.2 Å². The molecule has 0 aromatic heterocycles. The third-order valence-corrected chi connectivity index (χ3v) is 4.57. The number of hydrogen-bond donors (Lipinski definition) is 2. The highest BCUT2D eigenvalue weighted by Gasteiger charge is 2.07. The summed E-state index contributed by atoms with van der Waals surface area (Å²) < 4.78 is 5.48. The second-order valence-corrected chi connectivity index (χ2v) is 7.13. The molecule has 0 atom stereocenters. The molecule has 0 saturated heterocycles. The van der Waals surface area contributed by atoms with Gasteiger partial charge in [-0.1, -0.05) is 28.1 Å². The van der Waals surface area contributed by atoms with Crippen LogP contribution in [0.25, 0.3) is 0 Å². The SMILES string of the molecule is COC(=O)CCCCNC(=O)Cc1ccc(NC(=O)c2ccc(Br)cc2)cc1. The van der Waals surface area contributed by atoms with Crippen molar-refractivity contribution in [2.75, 3.05) is 19.0 Å². The Labute approximate surface area is 172 Å². The standard InChI is InChI=1S/C21H23BrN2O4/c1-28-20(26)4-2-3-13-23-19(25)14-15-5-11-18(12-6-15)24-21(27)16-7-9-17(22)10-8-16/h5-12H,2-4,13-14H2,1H3,(H,23,25)(H,24,27). The summed E-state index contributed by atoms with van der Waals surface area (Å²) in [5, 5.41) is 5.66. The van der Waals surface area contributed by atoms with E-state index < -0.39 is 0 Å². The number of halogens is 1. The van der Waals surface area contributed by atoms with E-state index in [1.54, 1.807) is 24.3 Å². The van der Waals surface area contributed by atoms with E-state index in [0.717, 1.165) is 16.5 Å². The van der Waals surface area contributed by atoms with Gasteiger partial charge in [-0.25, -0.2) is 0 Å². The zero-order valence-corrected chi connectivity index (χ0v) is 17.3. The van der Waals surface area contributed by atoms with E-state index in [-0.39, 0.29) is 24.2 Å². The van der Waals surface area contributed by atoms with Crippen LogP contribution in [0.15, 0.2) is 53.0 Å². The number of amides is 2. The lowest BCUT2D eigenvalue weighted by Crippen LogP contribution is -2.26. The molecule has 2 amide bonds. The van der Waals surface area contributed by atoms with Crippen LogP contribution in [-0.4, -0.2) is 31.4 Å². The van der Waals surface area contributed by atoms with Crippen LogP contribution < -0.4 is 10.6 Å². The number of methoxy groups -OCH3 is 1. The summed E-state index contributed by atoms with van der Waals surface area (Å²) in [6, 6.07) is 14.3. The third kappa shape index (κ3) is 7.52. The first-order valence-corrected chi connectivity index (χ1v) is 9.76. The smallest absolute Gasteiger partial charge is 0.305 e. The van der Waals surface area contributed by atoms with Crippen molar-refractivity contribution in [1.29, 1.82) is 0 Å². The number of carbonyl (C=O) groups is 3. The summed E-state index contributed by atoms with van der Waals surface area (Å²) in [4.78, 5) is 35.2. The van der Waals surface area contributed by atoms with Crippen LogP contribution >= 0.6 is 15.9 Å². The fourth-order valence-electron chi connectivity index (χ4n) is 2.48. The van der Waals surface area contributed by atoms with E-state index in [0.29, 0.717) is 30.6 Å². The van der Waals surface area contributed by atoms with Gasteiger partial charge in [-0.2, -0.15) is 0 Å². The third-order valence-electron chi connectivity index (χ3n) is 4.04. The molecule has 0 unspecified atom stereocenters. The van der Waals surface area contributed by atoms with Gasteiger partial charge in [0.2, 0.25) is 5.91 Å². The Balaban J connectivity index is 1.74. The van der Waals surface area contributed by atoms with Crippen LogP contribution in [-0.2, 0) is 20.7 Å². The van der Waals surface area contributed by atoms with Gasteiger partial charge in [0.25, 0.3) is 5.91 Å². The van der Waals surface area contributed by atoms with Crippen LogP contribution in [0, 0.1) is 0 Å². The first kappa shape index (κ1) is 21.6. The largest absolute Gasteiger partial charge is 0.469 e. The van der Waals surface area contributed by atoms with Crippen molar-refractivity contribution in [2.45, 2.75) is 25.7 Å². The van der Waals surface area contributed by atoms with Crippen molar-refractivity contribution >= 4 is 39.4 Å². The predicted octanol–water partition coefficient (Wildman–Crippen LogP) is 3.70. The maximum atomic E-state index is 12.2. The average molecular weight is 447 g/mol. The summed E-state index contributed by atoms with van der Waals surface area (Å²) in [6.07, 6.45) is 2.03. The van der Waals surface area contributed by atoms with Gasteiger partial charge in [0, 0.05) is 28.7 Å². The van der Waals surface area contributed by atoms with E-state index in [9.17, 15) is 14.4 Å².